The molecule has 0 aromatic carbocycles. The fourth-order valence-electron chi connectivity index (χ4n) is 6.47. The van der Waals surface area contributed by atoms with Gasteiger partial charge in [-0.3, -0.25) is 9.97 Å². The van der Waals surface area contributed by atoms with Crippen molar-refractivity contribution in [3.05, 3.63) is 57.7 Å². The zero-order valence-electron chi connectivity index (χ0n) is 26.2. The standard InChI is InChI=1S/C32H44F3IN2O3Si/c1-18(2)27-25-26(24-21(38-27)14-30(6,7)15-22(24)41-42(8,9)29(3,4)5)31(12-13-39-17-23(31)36)40-28(25)20-11-10-19(16-37-20)32(33,34)35/h10-11,16,18,22-23,28H,12-15,17H2,1-9H3. The van der Waals surface area contributed by atoms with E-state index in [0.717, 1.165) is 53.2 Å². The molecule has 5 rings (SSSR count). The summed E-state index contributed by atoms with van der Waals surface area (Å²) < 4.78 is 60.6. The van der Waals surface area contributed by atoms with Gasteiger partial charge in [-0.25, -0.2) is 0 Å². The van der Waals surface area contributed by atoms with Crippen molar-refractivity contribution >= 4 is 30.9 Å². The number of nitrogens with zero attached hydrogens (tertiary/aromatic N) is 2. The fourth-order valence-corrected chi connectivity index (χ4v) is 8.76. The van der Waals surface area contributed by atoms with Gasteiger partial charge < -0.3 is 13.9 Å². The average molecular weight is 717 g/mol. The van der Waals surface area contributed by atoms with Crippen molar-refractivity contribution in [2.45, 2.75) is 120 Å². The van der Waals surface area contributed by atoms with Crippen LogP contribution >= 0.6 is 22.6 Å². The summed E-state index contributed by atoms with van der Waals surface area (Å²) in [5.74, 6) is 0.0806. The predicted octanol–water partition coefficient (Wildman–Crippen LogP) is 9.19. The zero-order valence-corrected chi connectivity index (χ0v) is 29.4. The summed E-state index contributed by atoms with van der Waals surface area (Å²) in [6, 6.07) is 2.57. The van der Waals surface area contributed by atoms with Crippen LogP contribution < -0.4 is 0 Å². The van der Waals surface area contributed by atoms with Gasteiger partial charge in [0.15, 0.2) is 8.32 Å². The number of hydrogen-bond donors (Lipinski definition) is 0. The summed E-state index contributed by atoms with van der Waals surface area (Å²) in [5, 5.41) is 0.0224. The SMILES string of the molecule is CC(C)c1nc2c(c3c1C(c1ccc(C(F)(F)F)cn1)OC31CCOCC1I)C(O[Si](C)(C)C(C)(C)C)CC(C)(C)C2. The van der Waals surface area contributed by atoms with Crippen LogP contribution in [0.25, 0.3) is 0 Å². The Morgan fingerprint density at radius 2 is 1.81 bits per heavy atom. The third-order valence-electron chi connectivity index (χ3n) is 9.66. The van der Waals surface area contributed by atoms with Crippen molar-refractivity contribution in [3.8, 4) is 0 Å². The van der Waals surface area contributed by atoms with Crippen LogP contribution in [-0.2, 0) is 32.1 Å². The van der Waals surface area contributed by atoms with Gasteiger partial charge in [-0.15, -0.1) is 0 Å². The number of fused-ring (bicyclic) bond motifs is 4. The van der Waals surface area contributed by atoms with Crippen LogP contribution in [0.4, 0.5) is 13.2 Å². The third-order valence-corrected chi connectivity index (χ3v) is 15.5. The van der Waals surface area contributed by atoms with E-state index in [-0.39, 0.29) is 26.4 Å². The molecule has 1 fully saturated rings. The van der Waals surface area contributed by atoms with Crippen LogP contribution in [0.2, 0.25) is 18.1 Å². The number of halogens is 4. The van der Waals surface area contributed by atoms with Crippen LogP contribution in [-0.4, -0.2) is 35.4 Å². The quantitative estimate of drug-likeness (QED) is 0.180. The first-order valence-electron chi connectivity index (χ1n) is 14.9. The molecular weight excluding hydrogens is 672 g/mol. The summed E-state index contributed by atoms with van der Waals surface area (Å²) >= 11 is 2.44. The van der Waals surface area contributed by atoms with E-state index in [1.54, 1.807) is 0 Å². The maximum Gasteiger partial charge on any atom is 0.417 e. The molecule has 1 aliphatic carbocycles. The highest BCUT2D eigenvalue weighted by Crippen LogP contribution is 2.60. The van der Waals surface area contributed by atoms with Crippen molar-refractivity contribution in [2.75, 3.05) is 13.2 Å². The minimum absolute atomic E-state index is 0.00276. The van der Waals surface area contributed by atoms with E-state index in [9.17, 15) is 13.2 Å². The minimum Gasteiger partial charge on any atom is -0.410 e. The number of rotatable bonds is 4. The smallest absolute Gasteiger partial charge is 0.410 e. The first-order chi connectivity index (χ1) is 19.3. The van der Waals surface area contributed by atoms with Gasteiger partial charge in [-0.1, -0.05) is 71.1 Å². The molecule has 4 unspecified atom stereocenters. The van der Waals surface area contributed by atoms with Crippen molar-refractivity contribution < 1.29 is 27.1 Å². The molecule has 4 heterocycles. The first kappa shape index (κ1) is 32.3. The highest BCUT2D eigenvalue weighted by atomic mass is 127. The lowest BCUT2D eigenvalue weighted by molar-refractivity contribution is -0.138. The van der Waals surface area contributed by atoms with Crippen LogP contribution in [0.3, 0.4) is 0 Å². The van der Waals surface area contributed by atoms with E-state index in [1.165, 1.54) is 6.07 Å². The van der Waals surface area contributed by atoms with Crippen LogP contribution in [0.1, 0.15) is 119 Å². The van der Waals surface area contributed by atoms with Gasteiger partial charge >= 0.3 is 6.18 Å². The monoisotopic (exact) mass is 716 g/mol. The molecule has 1 saturated heterocycles. The molecule has 10 heteroatoms. The highest BCUT2D eigenvalue weighted by molar-refractivity contribution is 14.1. The summed E-state index contributed by atoms with van der Waals surface area (Å²) in [4.78, 5) is 9.72. The number of ether oxygens (including phenoxy) is 2. The maximum atomic E-state index is 13.4. The second-order valence-corrected chi connectivity index (χ2v) is 21.1. The third kappa shape index (κ3) is 5.60. The van der Waals surface area contributed by atoms with E-state index in [4.69, 9.17) is 18.9 Å². The van der Waals surface area contributed by atoms with Gasteiger partial charge in [0.2, 0.25) is 0 Å². The topological polar surface area (TPSA) is 53.5 Å². The molecule has 2 aromatic heterocycles. The molecular formula is C32H44F3IN2O3Si. The molecule has 1 spiro atoms. The molecule has 4 atom stereocenters. The van der Waals surface area contributed by atoms with Gasteiger partial charge in [0.05, 0.1) is 27.9 Å². The van der Waals surface area contributed by atoms with Crippen LogP contribution in [0.15, 0.2) is 18.3 Å². The molecule has 0 bridgehead atoms. The molecule has 42 heavy (non-hydrogen) atoms. The van der Waals surface area contributed by atoms with Gasteiger partial charge in [0.25, 0.3) is 0 Å². The largest absolute Gasteiger partial charge is 0.417 e. The summed E-state index contributed by atoms with van der Waals surface area (Å²) in [6.45, 7) is 21.3. The lowest BCUT2D eigenvalue weighted by atomic mass is 9.70. The highest BCUT2D eigenvalue weighted by Gasteiger charge is 2.57. The molecule has 0 amide bonds. The molecule has 0 N–H and O–H groups in total. The second-order valence-electron chi connectivity index (χ2n) is 14.9. The molecule has 232 valence electrons. The molecule has 5 nitrogen and oxygen atoms in total. The van der Waals surface area contributed by atoms with Crippen molar-refractivity contribution in [1.29, 1.82) is 0 Å². The lowest BCUT2D eigenvalue weighted by Crippen LogP contribution is -2.47. The number of alkyl halides is 4. The van der Waals surface area contributed by atoms with E-state index in [1.807, 2.05) is 0 Å². The van der Waals surface area contributed by atoms with E-state index >= 15 is 0 Å². The van der Waals surface area contributed by atoms with Crippen molar-refractivity contribution in [2.24, 2.45) is 5.41 Å². The maximum absolute atomic E-state index is 13.4. The summed E-state index contributed by atoms with van der Waals surface area (Å²) in [5.41, 5.74) is 4.24. The Balaban J connectivity index is 1.79. The Morgan fingerprint density at radius 1 is 1.12 bits per heavy atom. The Hall–Kier alpha value is -1.08. The summed E-state index contributed by atoms with van der Waals surface area (Å²) in [6.07, 6.45) is -1.98. The van der Waals surface area contributed by atoms with Crippen molar-refractivity contribution in [1.82, 2.24) is 9.97 Å². The first-order valence-corrected chi connectivity index (χ1v) is 19.1. The molecule has 0 radical (unpaired) electrons. The minimum atomic E-state index is -4.46. The molecule has 2 aromatic rings. The predicted molar refractivity (Wildman–Crippen MR) is 169 cm³/mol. The van der Waals surface area contributed by atoms with E-state index in [0.29, 0.717) is 25.3 Å². The number of aromatic nitrogens is 2. The number of pyridine rings is 2. The van der Waals surface area contributed by atoms with Crippen LogP contribution in [0.5, 0.6) is 0 Å². The van der Waals surface area contributed by atoms with Crippen LogP contribution in [0, 0.1) is 5.41 Å². The average Bonchev–Trinajstić information content (AvgIpc) is 3.18. The van der Waals surface area contributed by atoms with Gasteiger partial charge in [0.1, 0.15) is 11.7 Å². The number of hydrogen-bond acceptors (Lipinski definition) is 5. The Bertz CT molecular complexity index is 1340. The van der Waals surface area contributed by atoms with Gasteiger partial charge in [0, 0.05) is 47.3 Å². The Labute approximate surface area is 263 Å². The van der Waals surface area contributed by atoms with Gasteiger partial charge in [-0.2, -0.15) is 13.2 Å². The second kappa shape index (κ2) is 10.8. The van der Waals surface area contributed by atoms with Crippen molar-refractivity contribution in [3.63, 3.8) is 0 Å². The molecule has 3 aliphatic rings. The fraction of sp³-hybridized carbons (Fsp3) is 0.688. The normalized spacial score (nSPS) is 27.8. The summed E-state index contributed by atoms with van der Waals surface area (Å²) in [7, 11) is -2.19. The van der Waals surface area contributed by atoms with Gasteiger partial charge in [-0.05, 0) is 54.4 Å². The molecule has 2 aliphatic heterocycles. The molecule has 0 saturated carbocycles. The lowest BCUT2D eigenvalue weighted by Gasteiger charge is -2.47. The Kier molecular flexibility index (Phi) is 8.29. The zero-order chi connectivity index (χ0) is 31.0. The van der Waals surface area contributed by atoms with E-state index < -0.39 is 31.8 Å². The Morgan fingerprint density at radius 3 is 2.36 bits per heavy atom. The van der Waals surface area contributed by atoms with E-state index in [2.05, 4.69) is 89.1 Å².